The molecule has 5 nitrogen and oxygen atoms in total. The number of benzene rings is 2. The van der Waals surface area contributed by atoms with E-state index in [0.29, 0.717) is 27.1 Å². The Morgan fingerprint density at radius 1 is 1.00 bits per heavy atom. The van der Waals surface area contributed by atoms with Crippen molar-refractivity contribution in [3.8, 4) is 17.1 Å². The molecule has 0 unspecified atom stereocenters. The van der Waals surface area contributed by atoms with Crippen molar-refractivity contribution in [3.63, 3.8) is 0 Å². The van der Waals surface area contributed by atoms with Gasteiger partial charge in [0.05, 0.1) is 0 Å². The average molecular weight is 417 g/mol. The largest absolute Gasteiger partial charge is 0.437 e. The third kappa shape index (κ3) is 3.88. The number of nitrogens with one attached hydrogen (secondary N) is 1. The van der Waals surface area contributed by atoms with E-state index in [9.17, 15) is 4.79 Å². The minimum atomic E-state index is -0.497. The van der Waals surface area contributed by atoms with Crippen molar-refractivity contribution >= 4 is 46.7 Å². The fourth-order valence-electron chi connectivity index (χ4n) is 2.48. The summed E-state index contributed by atoms with van der Waals surface area (Å²) in [7, 11) is 0. The Morgan fingerprint density at radius 2 is 1.67 bits per heavy atom. The maximum atomic E-state index is 12.2. The second kappa shape index (κ2) is 7.52. The molecule has 0 aliphatic heterocycles. The molecule has 0 bridgehead atoms. The number of rotatable bonds is 4. The van der Waals surface area contributed by atoms with Crippen molar-refractivity contribution in [3.05, 3.63) is 84.9 Å². The Bertz CT molecular complexity index is 1160. The zero-order valence-corrected chi connectivity index (χ0v) is 16.1. The zero-order chi connectivity index (χ0) is 18.8. The summed E-state index contributed by atoms with van der Waals surface area (Å²) < 4.78 is 6.51. The minimum absolute atomic E-state index is 0.319. The lowest BCUT2D eigenvalue weighted by atomic mass is 10.2. The number of aromatic nitrogens is 3. The Kier molecular flexibility index (Phi) is 4.94. The molecule has 0 saturated carbocycles. The Labute approximate surface area is 168 Å². The van der Waals surface area contributed by atoms with Crippen molar-refractivity contribution in [1.82, 2.24) is 10.3 Å². The normalized spacial score (nSPS) is 11.3. The van der Waals surface area contributed by atoms with Crippen LogP contribution in [0.2, 0.25) is 10.0 Å². The van der Waals surface area contributed by atoms with Crippen LogP contribution in [0.4, 0.5) is 0 Å². The van der Waals surface area contributed by atoms with Gasteiger partial charge >= 0.3 is 11.3 Å². The number of halogens is 2. The summed E-state index contributed by atoms with van der Waals surface area (Å²) in [5.41, 5.74) is 2.07. The standard InChI is InChI=1S/C19H11Cl2N3O2S/c20-13-4-1-12(2-5-13)3-10-17-22-16(11-27-17)18-19(25)26-23-24(18)15-8-6-14(21)7-9-15/h1-11H/p+1/b10-3+. The molecule has 0 atom stereocenters. The summed E-state index contributed by atoms with van der Waals surface area (Å²) >= 11 is 13.3. The van der Waals surface area contributed by atoms with Gasteiger partial charge in [-0.05, 0) is 45.9 Å². The first-order valence-corrected chi connectivity index (χ1v) is 9.53. The predicted octanol–water partition coefficient (Wildman–Crippen LogP) is 4.85. The summed E-state index contributed by atoms with van der Waals surface area (Å²) in [5, 5.41) is 6.48. The fourth-order valence-corrected chi connectivity index (χ4v) is 3.42. The van der Waals surface area contributed by atoms with Gasteiger partial charge in [0.15, 0.2) is 5.69 Å². The van der Waals surface area contributed by atoms with E-state index in [4.69, 9.17) is 27.7 Å². The maximum Gasteiger partial charge on any atom is 0.437 e. The van der Waals surface area contributed by atoms with E-state index in [1.54, 1.807) is 28.9 Å². The van der Waals surface area contributed by atoms with Gasteiger partial charge in [-0.15, -0.1) is 11.3 Å². The smallest absolute Gasteiger partial charge is 0.282 e. The van der Waals surface area contributed by atoms with Crippen molar-refractivity contribution in [2.75, 3.05) is 0 Å². The zero-order valence-electron chi connectivity index (χ0n) is 13.7. The summed E-state index contributed by atoms with van der Waals surface area (Å²) in [6.45, 7) is 0. The minimum Gasteiger partial charge on any atom is -0.282 e. The van der Waals surface area contributed by atoms with Crippen LogP contribution in [0.1, 0.15) is 10.6 Å². The lowest BCUT2D eigenvalue weighted by Gasteiger charge is -1.93. The number of hydrogen-bond donors (Lipinski definition) is 1. The van der Waals surface area contributed by atoms with E-state index in [1.807, 2.05) is 41.8 Å². The summed E-state index contributed by atoms with van der Waals surface area (Å²) in [5.74, 6) is 0. The second-order valence-corrected chi connectivity index (χ2v) is 7.36. The molecular weight excluding hydrogens is 405 g/mol. The van der Waals surface area contributed by atoms with E-state index in [-0.39, 0.29) is 0 Å². The van der Waals surface area contributed by atoms with Crippen molar-refractivity contribution in [2.45, 2.75) is 0 Å². The van der Waals surface area contributed by atoms with Gasteiger partial charge in [-0.2, -0.15) is 0 Å². The van der Waals surface area contributed by atoms with Crippen LogP contribution in [0.25, 0.3) is 29.2 Å². The molecule has 8 heteroatoms. The molecule has 2 heterocycles. The molecule has 27 heavy (non-hydrogen) atoms. The topological polar surface area (TPSA) is 62.8 Å². The van der Waals surface area contributed by atoms with Crippen molar-refractivity contribution in [2.24, 2.45) is 0 Å². The summed E-state index contributed by atoms with van der Waals surface area (Å²) in [6.07, 6.45) is 3.82. The third-order valence-electron chi connectivity index (χ3n) is 3.78. The number of aromatic amines is 1. The summed E-state index contributed by atoms with van der Waals surface area (Å²) in [4.78, 5) is 16.7. The van der Waals surface area contributed by atoms with Gasteiger partial charge < -0.3 is 0 Å². The summed E-state index contributed by atoms with van der Waals surface area (Å²) in [6, 6.07) is 14.5. The van der Waals surface area contributed by atoms with Gasteiger partial charge in [0.25, 0.3) is 0 Å². The fraction of sp³-hybridized carbons (Fsp3) is 0. The van der Waals surface area contributed by atoms with E-state index in [1.165, 1.54) is 11.3 Å². The van der Waals surface area contributed by atoms with E-state index < -0.39 is 5.63 Å². The van der Waals surface area contributed by atoms with Gasteiger partial charge in [0.1, 0.15) is 5.01 Å². The van der Waals surface area contributed by atoms with E-state index in [0.717, 1.165) is 10.6 Å². The number of thiazole rings is 1. The molecule has 1 N–H and O–H groups in total. The molecule has 134 valence electrons. The lowest BCUT2D eigenvalue weighted by molar-refractivity contribution is -0.660. The van der Waals surface area contributed by atoms with Crippen LogP contribution in [-0.4, -0.2) is 10.3 Å². The Hall–Kier alpha value is -2.67. The van der Waals surface area contributed by atoms with Crippen molar-refractivity contribution < 1.29 is 9.20 Å². The molecular formula is C19H12Cl2N3O2S+. The monoisotopic (exact) mass is 416 g/mol. The molecule has 0 aliphatic rings. The molecule has 0 fully saturated rings. The number of H-pyrrole nitrogens is 1. The highest BCUT2D eigenvalue weighted by Crippen LogP contribution is 2.20. The van der Waals surface area contributed by atoms with Crippen LogP contribution < -0.4 is 10.3 Å². The van der Waals surface area contributed by atoms with Crippen LogP contribution in [0.5, 0.6) is 0 Å². The molecule has 0 aliphatic carbocycles. The van der Waals surface area contributed by atoms with E-state index in [2.05, 4.69) is 10.3 Å². The van der Waals surface area contributed by atoms with Crippen LogP contribution in [0.15, 0.2) is 63.2 Å². The lowest BCUT2D eigenvalue weighted by Crippen LogP contribution is -2.36. The highest BCUT2D eigenvalue weighted by atomic mass is 35.5. The molecule has 0 radical (unpaired) electrons. The van der Waals surface area contributed by atoms with Gasteiger partial charge in [0, 0.05) is 27.6 Å². The number of nitrogens with zero attached hydrogens (tertiary/aromatic N) is 2. The molecule has 0 amide bonds. The van der Waals surface area contributed by atoms with Gasteiger partial charge in [0.2, 0.25) is 5.69 Å². The predicted molar refractivity (Wildman–Crippen MR) is 107 cm³/mol. The highest BCUT2D eigenvalue weighted by Gasteiger charge is 2.27. The molecule has 0 saturated heterocycles. The molecule has 0 spiro atoms. The first-order chi connectivity index (χ1) is 13.1. The van der Waals surface area contributed by atoms with Gasteiger partial charge in [-0.25, -0.2) is 9.78 Å². The van der Waals surface area contributed by atoms with Gasteiger partial charge in [-0.3, -0.25) is 4.52 Å². The Balaban J connectivity index is 1.66. The average Bonchev–Trinajstić information content (AvgIpc) is 3.28. The third-order valence-corrected chi connectivity index (χ3v) is 5.10. The number of hydrogen-bond acceptors (Lipinski definition) is 4. The highest BCUT2D eigenvalue weighted by molar-refractivity contribution is 7.10. The van der Waals surface area contributed by atoms with Crippen molar-refractivity contribution in [1.29, 1.82) is 0 Å². The van der Waals surface area contributed by atoms with Crippen LogP contribution in [0.3, 0.4) is 0 Å². The van der Waals surface area contributed by atoms with Gasteiger partial charge in [-0.1, -0.05) is 41.4 Å². The SMILES string of the molecule is O=c1o[nH][n+](-c2ccc(Cl)cc2)c1-c1csc(/C=C/c2ccc(Cl)cc2)n1. The quantitative estimate of drug-likeness (QED) is 0.483. The Morgan fingerprint density at radius 3 is 2.37 bits per heavy atom. The first kappa shape index (κ1) is 17.7. The van der Waals surface area contributed by atoms with Crippen LogP contribution in [-0.2, 0) is 0 Å². The molecule has 2 aromatic carbocycles. The molecule has 4 rings (SSSR count). The first-order valence-electron chi connectivity index (χ1n) is 7.89. The van der Waals surface area contributed by atoms with Crippen LogP contribution >= 0.6 is 34.5 Å². The molecule has 4 aromatic rings. The maximum absolute atomic E-state index is 12.2. The van der Waals surface area contributed by atoms with Crippen LogP contribution in [0, 0.1) is 0 Å². The molecule has 2 aromatic heterocycles. The van der Waals surface area contributed by atoms with E-state index >= 15 is 0 Å². The second-order valence-electron chi connectivity index (χ2n) is 5.60.